The Morgan fingerprint density at radius 1 is 1.24 bits per heavy atom. The molecule has 0 spiro atoms. The molecule has 9 nitrogen and oxygen atoms in total. The summed E-state index contributed by atoms with van der Waals surface area (Å²) in [5.74, 6) is -2.03. The van der Waals surface area contributed by atoms with E-state index in [1.54, 1.807) is 6.92 Å². The van der Waals surface area contributed by atoms with E-state index >= 15 is 0 Å². The van der Waals surface area contributed by atoms with Crippen LogP contribution in [0.1, 0.15) is 17.3 Å². The Hall–Kier alpha value is -2.84. The molecule has 1 aromatic heterocycles. The molecule has 114 valence electrons. The SMILES string of the molecule is CCOC(=O)c1cc(N)cnc1N(CC(N)=O)CC(N)=O. The van der Waals surface area contributed by atoms with Gasteiger partial charge in [0.15, 0.2) is 0 Å². The number of aromatic nitrogens is 1. The van der Waals surface area contributed by atoms with Gasteiger partial charge in [0.05, 0.1) is 31.6 Å². The van der Waals surface area contributed by atoms with E-state index < -0.39 is 17.8 Å². The molecule has 9 heteroatoms. The van der Waals surface area contributed by atoms with E-state index in [1.165, 1.54) is 17.2 Å². The average molecular weight is 295 g/mol. The van der Waals surface area contributed by atoms with Gasteiger partial charge in [0.25, 0.3) is 0 Å². The smallest absolute Gasteiger partial charge is 0.341 e. The van der Waals surface area contributed by atoms with Gasteiger partial charge in [-0.3, -0.25) is 9.59 Å². The quantitative estimate of drug-likeness (QED) is 0.523. The minimum atomic E-state index is -0.704. The van der Waals surface area contributed by atoms with Crippen LogP contribution < -0.4 is 22.1 Å². The van der Waals surface area contributed by atoms with Crippen LogP contribution in [0.25, 0.3) is 0 Å². The standard InChI is InChI=1S/C12H17N5O4/c1-2-21-12(20)8-3-7(13)4-16-11(8)17(5-9(14)18)6-10(15)19/h3-4H,2,5-6,13H2,1H3,(H2,14,18)(H2,15,19). The topological polar surface area (TPSA) is 155 Å². The largest absolute Gasteiger partial charge is 0.462 e. The Bertz CT molecular complexity index is 545. The second-order valence-electron chi connectivity index (χ2n) is 4.15. The number of ether oxygens (including phenoxy) is 1. The molecular weight excluding hydrogens is 278 g/mol. The van der Waals surface area contributed by atoms with Crippen molar-refractivity contribution in [2.45, 2.75) is 6.92 Å². The van der Waals surface area contributed by atoms with Crippen LogP contribution in [0.2, 0.25) is 0 Å². The van der Waals surface area contributed by atoms with Crippen LogP contribution in [0.5, 0.6) is 0 Å². The van der Waals surface area contributed by atoms with Gasteiger partial charge in [-0.1, -0.05) is 0 Å². The lowest BCUT2D eigenvalue weighted by molar-refractivity contribution is -0.117. The van der Waals surface area contributed by atoms with Gasteiger partial charge < -0.3 is 26.8 Å². The zero-order valence-corrected chi connectivity index (χ0v) is 11.5. The average Bonchev–Trinajstić information content (AvgIpc) is 2.37. The van der Waals surface area contributed by atoms with Crippen LogP contribution in [0, 0.1) is 0 Å². The normalized spacial score (nSPS) is 9.95. The number of nitrogens with zero attached hydrogens (tertiary/aromatic N) is 2. The molecule has 0 aromatic carbocycles. The lowest BCUT2D eigenvalue weighted by atomic mass is 10.2. The Morgan fingerprint density at radius 3 is 2.29 bits per heavy atom. The minimum Gasteiger partial charge on any atom is -0.462 e. The Morgan fingerprint density at radius 2 is 1.81 bits per heavy atom. The molecule has 21 heavy (non-hydrogen) atoms. The van der Waals surface area contributed by atoms with E-state index in [0.29, 0.717) is 0 Å². The number of hydrogen-bond acceptors (Lipinski definition) is 7. The first-order valence-corrected chi connectivity index (χ1v) is 6.09. The fourth-order valence-electron chi connectivity index (χ4n) is 1.67. The highest BCUT2D eigenvalue weighted by Gasteiger charge is 2.22. The van der Waals surface area contributed by atoms with Crippen LogP contribution in [0.15, 0.2) is 12.3 Å². The summed E-state index contributed by atoms with van der Waals surface area (Å²) in [6.07, 6.45) is 1.28. The molecule has 0 saturated carbocycles. The summed E-state index contributed by atoms with van der Waals surface area (Å²) in [5.41, 5.74) is 16.1. The van der Waals surface area contributed by atoms with Crippen LogP contribution in [0.4, 0.5) is 11.5 Å². The van der Waals surface area contributed by atoms with Crippen LogP contribution in [-0.4, -0.2) is 42.5 Å². The molecule has 0 radical (unpaired) electrons. The zero-order chi connectivity index (χ0) is 16.0. The van der Waals surface area contributed by atoms with Crippen LogP contribution in [-0.2, 0) is 14.3 Å². The van der Waals surface area contributed by atoms with E-state index in [2.05, 4.69) is 4.98 Å². The molecule has 0 atom stereocenters. The third-order valence-corrected chi connectivity index (χ3v) is 2.38. The van der Waals surface area contributed by atoms with Gasteiger partial charge in [0, 0.05) is 0 Å². The van der Waals surface area contributed by atoms with E-state index in [-0.39, 0.29) is 36.8 Å². The fraction of sp³-hybridized carbons (Fsp3) is 0.333. The van der Waals surface area contributed by atoms with Gasteiger partial charge in [-0.05, 0) is 13.0 Å². The number of nitrogens with two attached hydrogens (primary N) is 3. The summed E-state index contributed by atoms with van der Waals surface area (Å²) in [5, 5.41) is 0. The number of esters is 1. The minimum absolute atomic E-state index is 0.0272. The number of carbonyl (C=O) groups is 3. The molecule has 1 heterocycles. The summed E-state index contributed by atoms with van der Waals surface area (Å²) in [6.45, 7) is 1.14. The van der Waals surface area contributed by atoms with Gasteiger partial charge in [0.1, 0.15) is 11.4 Å². The number of primary amides is 2. The maximum absolute atomic E-state index is 11.9. The molecule has 0 aliphatic rings. The maximum atomic E-state index is 11.9. The van der Waals surface area contributed by atoms with Gasteiger partial charge in [-0.2, -0.15) is 0 Å². The molecule has 1 aromatic rings. The molecule has 0 unspecified atom stereocenters. The van der Waals surface area contributed by atoms with E-state index in [4.69, 9.17) is 21.9 Å². The highest BCUT2D eigenvalue weighted by atomic mass is 16.5. The molecule has 6 N–H and O–H groups in total. The molecule has 1 rings (SSSR count). The van der Waals surface area contributed by atoms with Crippen molar-refractivity contribution in [3.8, 4) is 0 Å². The molecular formula is C12H17N5O4. The summed E-state index contributed by atoms with van der Waals surface area (Å²) < 4.78 is 4.89. The Labute approximate surface area is 121 Å². The number of amides is 2. The first-order valence-electron chi connectivity index (χ1n) is 6.09. The van der Waals surface area contributed by atoms with Crippen LogP contribution in [0.3, 0.4) is 0 Å². The predicted octanol–water partition coefficient (Wildman–Crippen LogP) is -1.38. The lowest BCUT2D eigenvalue weighted by Gasteiger charge is -2.22. The predicted molar refractivity (Wildman–Crippen MR) is 75.2 cm³/mol. The third-order valence-electron chi connectivity index (χ3n) is 2.38. The number of rotatable bonds is 7. The first-order chi connectivity index (χ1) is 9.85. The highest BCUT2D eigenvalue weighted by molar-refractivity contribution is 5.97. The van der Waals surface area contributed by atoms with Gasteiger partial charge in [-0.15, -0.1) is 0 Å². The van der Waals surface area contributed by atoms with Crippen molar-refractivity contribution in [3.05, 3.63) is 17.8 Å². The second kappa shape index (κ2) is 7.08. The molecule has 0 saturated heterocycles. The van der Waals surface area contributed by atoms with Crippen molar-refractivity contribution in [2.24, 2.45) is 11.5 Å². The number of pyridine rings is 1. The summed E-state index contributed by atoms with van der Waals surface area (Å²) >= 11 is 0. The molecule has 0 aliphatic carbocycles. The van der Waals surface area contributed by atoms with Gasteiger partial charge in [-0.25, -0.2) is 9.78 Å². The Balaban J connectivity index is 3.25. The highest BCUT2D eigenvalue weighted by Crippen LogP contribution is 2.20. The van der Waals surface area contributed by atoms with Crippen molar-refractivity contribution in [2.75, 3.05) is 30.3 Å². The fourth-order valence-corrected chi connectivity index (χ4v) is 1.67. The molecule has 0 bridgehead atoms. The number of hydrogen-bond donors (Lipinski definition) is 3. The van der Waals surface area contributed by atoms with Crippen molar-refractivity contribution < 1.29 is 19.1 Å². The second-order valence-corrected chi connectivity index (χ2v) is 4.15. The molecule has 0 fully saturated rings. The van der Waals surface area contributed by atoms with E-state index in [0.717, 1.165) is 0 Å². The number of nitrogen functional groups attached to an aromatic ring is 1. The van der Waals surface area contributed by atoms with Crippen molar-refractivity contribution >= 4 is 29.3 Å². The van der Waals surface area contributed by atoms with Crippen molar-refractivity contribution in [3.63, 3.8) is 0 Å². The number of anilines is 2. The van der Waals surface area contributed by atoms with Crippen LogP contribution >= 0.6 is 0 Å². The van der Waals surface area contributed by atoms with Crippen molar-refractivity contribution in [1.29, 1.82) is 0 Å². The number of carbonyl (C=O) groups excluding carboxylic acids is 3. The summed E-state index contributed by atoms with van der Waals surface area (Å²) in [4.78, 5) is 39.3. The van der Waals surface area contributed by atoms with Gasteiger partial charge >= 0.3 is 5.97 Å². The van der Waals surface area contributed by atoms with E-state index in [9.17, 15) is 14.4 Å². The maximum Gasteiger partial charge on any atom is 0.341 e. The van der Waals surface area contributed by atoms with Gasteiger partial charge in [0.2, 0.25) is 11.8 Å². The monoisotopic (exact) mass is 295 g/mol. The lowest BCUT2D eigenvalue weighted by Crippen LogP contribution is -2.41. The summed E-state index contributed by atoms with van der Waals surface area (Å²) in [6, 6.07) is 1.34. The molecule has 0 aliphatic heterocycles. The third kappa shape index (κ3) is 4.64. The Kier molecular flexibility index (Phi) is 5.47. The molecule has 2 amide bonds. The van der Waals surface area contributed by atoms with Crippen molar-refractivity contribution in [1.82, 2.24) is 4.98 Å². The zero-order valence-electron chi connectivity index (χ0n) is 11.5. The van der Waals surface area contributed by atoms with E-state index in [1.807, 2.05) is 0 Å². The summed E-state index contributed by atoms with van der Waals surface area (Å²) in [7, 11) is 0. The first kappa shape index (κ1) is 16.2.